The number of hydrogen-bond acceptors (Lipinski definition) is 5. The number of aryl methyl sites for hydroxylation is 1. The van der Waals surface area contributed by atoms with Crippen molar-refractivity contribution in [3.63, 3.8) is 0 Å². The molecular formula is C20H16F3N7O. The number of anilines is 1. The Hall–Kier alpha value is -4.02. The number of halogens is 3. The Morgan fingerprint density at radius 1 is 1.10 bits per heavy atom. The molecule has 31 heavy (non-hydrogen) atoms. The summed E-state index contributed by atoms with van der Waals surface area (Å²) in [5.41, 5.74) is 1.29. The molecule has 0 saturated heterocycles. The Kier molecular flexibility index (Phi) is 5.01. The fourth-order valence-corrected chi connectivity index (χ4v) is 3.12. The molecule has 0 atom stereocenters. The molecule has 8 nitrogen and oxygen atoms in total. The van der Waals surface area contributed by atoms with Crippen molar-refractivity contribution < 1.29 is 18.0 Å². The minimum absolute atomic E-state index is 0.211. The topological polar surface area (TPSA) is 90.5 Å². The second kappa shape index (κ2) is 7.67. The predicted octanol–water partition coefficient (Wildman–Crippen LogP) is 3.64. The van der Waals surface area contributed by atoms with E-state index in [2.05, 4.69) is 25.9 Å². The van der Waals surface area contributed by atoms with Crippen molar-refractivity contribution in [2.75, 3.05) is 5.32 Å². The average Bonchev–Trinajstić information content (AvgIpc) is 3.33. The Labute approximate surface area is 174 Å². The van der Waals surface area contributed by atoms with Gasteiger partial charge in [0.15, 0.2) is 5.82 Å². The molecule has 0 bridgehead atoms. The van der Waals surface area contributed by atoms with Gasteiger partial charge in [0, 0.05) is 18.3 Å². The second-order valence-corrected chi connectivity index (χ2v) is 6.76. The normalized spacial score (nSPS) is 11.5. The van der Waals surface area contributed by atoms with Gasteiger partial charge in [0.25, 0.3) is 5.91 Å². The van der Waals surface area contributed by atoms with Crippen LogP contribution in [0.1, 0.15) is 21.6 Å². The number of aromatic nitrogens is 6. The highest BCUT2D eigenvalue weighted by molar-refractivity contribution is 6.05. The molecule has 0 unspecified atom stereocenters. The molecule has 0 fully saturated rings. The molecule has 0 aliphatic carbocycles. The fraction of sp³-hybridized carbons (Fsp3) is 0.150. The summed E-state index contributed by atoms with van der Waals surface area (Å²) in [4.78, 5) is 12.8. The maximum Gasteiger partial charge on any atom is 0.416 e. The number of carbonyl (C=O) groups excluding carboxylic acids is 1. The van der Waals surface area contributed by atoms with Crippen LogP contribution >= 0.6 is 0 Å². The summed E-state index contributed by atoms with van der Waals surface area (Å²) >= 11 is 0. The van der Waals surface area contributed by atoms with Crippen LogP contribution in [0.2, 0.25) is 0 Å². The van der Waals surface area contributed by atoms with Crippen LogP contribution in [0.25, 0.3) is 17.1 Å². The lowest BCUT2D eigenvalue weighted by atomic mass is 10.1. The van der Waals surface area contributed by atoms with Crippen LogP contribution in [0, 0.1) is 6.92 Å². The van der Waals surface area contributed by atoms with Crippen LogP contribution in [0.4, 0.5) is 18.9 Å². The molecule has 0 aliphatic rings. The van der Waals surface area contributed by atoms with Crippen molar-refractivity contribution in [3.05, 3.63) is 71.5 Å². The van der Waals surface area contributed by atoms with Gasteiger partial charge in [-0.2, -0.15) is 18.3 Å². The van der Waals surface area contributed by atoms with Gasteiger partial charge >= 0.3 is 6.18 Å². The van der Waals surface area contributed by atoms with Crippen molar-refractivity contribution in [1.82, 2.24) is 30.0 Å². The van der Waals surface area contributed by atoms with E-state index >= 15 is 0 Å². The van der Waals surface area contributed by atoms with Crippen molar-refractivity contribution in [2.24, 2.45) is 7.05 Å². The van der Waals surface area contributed by atoms with Gasteiger partial charge in [0.05, 0.1) is 28.7 Å². The highest BCUT2D eigenvalue weighted by Gasteiger charge is 2.30. The van der Waals surface area contributed by atoms with Crippen molar-refractivity contribution in [3.8, 4) is 17.1 Å². The Morgan fingerprint density at radius 3 is 2.58 bits per heavy atom. The van der Waals surface area contributed by atoms with Gasteiger partial charge in [0.1, 0.15) is 0 Å². The number of nitrogens with zero attached hydrogens (tertiary/aromatic N) is 6. The third kappa shape index (κ3) is 4.02. The zero-order valence-electron chi connectivity index (χ0n) is 16.4. The zero-order chi connectivity index (χ0) is 22.2. The van der Waals surface area contributed by atoms with E-state index in [4.69, 9.17) is 0 Å². The predicted molar refractivity (Wildman–Crippen MR) is 105 cm³/mol. The number of carbonyl (C=O) groups is 1. The monoisotopic (exact) mass is 427 g/mol. The largest absolute Gasteiger partial charge is 0.416 e. The van der Waals surface area contributed by atoms with E-state index in [1.165, 1.54) is 27.7 Å². The summed E-state index contributed by atoms with van der Waals surface area (Å²) in [6.45, 7) is 1.61. The minimum Gasteiger partial charge on any atom is -0.322 e. The Balaban J connectivity index is 1.59. The molecule has 0 radical (unpaired) electrons. The number of rotatable bonds is 4. The van der Waals surface area contributed by atoms with E-state index in [9.17, 15) is 18.0 Å². The van der Waals surface area contributed by atoms with E-state index in [0.29, 0.717) is 22.8 Å². The molecule has 11 heteroatoms. The van der Waals surface area contributed by atoms with Crippen LogP contribution < -0.4 is 5.32 Å². The molecule has 0 saturated carbocycles. The molecule has 1 N–H and O–H groups in total. The van der Waals surface area contributed by atoms with Crippen LogP contribution in [0.3, 0.4) is 0 Å². The van der Waals surface area contributed by atoms with Crippen LogP contribution in [0.15, 0.2) is 54.7 Å². The maximum absolute atomic E-state index is 13.0. The molecule has 158 valence electrons. The highest BCUT2D eigenvalue weighted by atomic mass is 19.4. The standard InChI is InChI=1S/C20H16F3N7O/c1-12-17(11-24-30(12)16-8-4-6-14(10-16)20(21,22)23)19(31)25-15-7-3-5-13(9-15)18-26-27-28-29(18)2/h3-11H,1-2H3,(H,25,31). The fourth-order valence-electron chi connectivity index (χ4n) is 3.12. The van der Waals surface area contributed by atoms with Crippen molar-refractivity contribution in [1.29, 1.82) is 0 Å². The van der Waals surface area contributed by atoms with Gasteiger partial charge in [-0.15, -0.1) is 5.10 Å². The Morgan fingerprint density at radius 2 is 1.87 bits per heavy atom. The number of tetrazole rings is 1. The summed E-state index contributed by atoms with van der Waals surface area (Å²) in [7, 11) is 1.70. The summed E-state index contributed by atoms with van der Waals surface area (Å²) < 4.78 is 41.8. The van der Waals surface area contributed by atoms with Crippen molar-refractivity contribution in [2.45, 2.75) is 13.1 Å². The molecule has 1 amide bonds. The molecule has 2 heterocycles. The quantitative estimate of drug-likeness (QED) is 0.537. The van der Waals surface area contributed by atoms with E-state index in [-0.39, 0.29) is 11.3 Å². The first-order valence-electron chi connectivity index (χ1n) is 9.10. The molecule has 0 aliphatic heterocycles. The molecular weight excluding hydrogens is 411 g/mol. The first-order valence-corrected chi connectivity index (χ1v) is 9.10. The van der Waals surface area contributed by atoms with Gasteiger partial charge in [-0.25, -0.2) is 9.36 Å². The lowest BCUT2D eigenvalue weighted by molar-refractivity contribution is -0.137. The van der Waals surface area contributed by atoms with E-state index in [1.807, 2.05) is 0 Å². The molecule has 2 aromatic carbocycles. The lowest BCUT2D eigenvalue weighted by Gasteiger charge is -2.10. The van der Waals surface area contributed by atoms with Gasteiger partial charge in [-0.3, -0.25) is 4.79 Å². The second-order valence-electron chi connectivity index (χ2n) is 6.76. The number of nitrogens with one attached hydrogen (secondary N) is 1. The van der Waals surface area contributed by atoms with E-state index < -0.39 is 17.6 Å². The lowest BCUT2D eigenvalue weighted by Crippen LogP contribution is -2.13. The maximum atomic E-state index is 13.0. The number of alkyl halides is 3. The smallest absolute Gasteiger partial charge is 0.322 e. The third-order valence-electron chi connectivity index (χ3n) is 4.67. The summed E-state index contributed by atoms with van der Waals surface area (Å²) in [5.74, 6) is 0.0913. The van der Waals surface area contributed by atoms with Crippen molar-refractivity contribution >= 4 is 11.6 Å². The minimum atomic E-state index is -4.47. The zero-order valence-corrected chi connectivity index (χ0v) is 16.4. The first-order chi connectivity index (χ1) is 14.7. The number of hydrogen-bond donors (Lipinski definition) is 1. The van der Waals surface area contributed by atoms with Crippen LogP contribution in [-0.4, -0.2) is 35.9 Å². The Bertz CT molecular complexity index is 1260. The number of amides is 1. The van der Waals surface area contributed by atoms with Gasteiger partial charge in [-0.05, 0) is 47.7 Å². The SMILES string of the molecule is Cc1c(C(=O)Nc2cccc(-c3nnnn3C)c2)cnn1-c1cccc(C(F)(F)F)c1. The van der Waals surface area contributed by atoms with E-state index in [0.717, 1.165) is 12.1 Å². The summed E-state index contributed by atoms with van der Waals surface area (Å²) in [6.07, 6.45) is -3.15. The van der Waals surface area contributed by atoms with Gasteiger partial charge in [0.2, 0.25) is 0 Å². The molecule has 4 aromatic rings. The third-order valence-corrected chi connectivity index (χ3v) is 4.67. The number of benzene rings is 2. The molecule has 2 aromatic heterocycles. The average molecular weight is 427 g/mol. The van der Waals surface area contributed by atoms with Crippen LogP contribution in [0.5, 0.6) is 0 Å². The molecule has 0 spiro atoms. The summed E-state index contributed by atoms with van der Waals surface area (Å²) in [6, 6.07) is 11.7. The molecule has 4 rings (SSSR count). The van der Waals surface area contributed by atoms with Gasteiger partial charge in [-0.1, -0.05) is 18.2 Å². The summed E-state index contributed by atoms with van der Waals surface area (Å²) in [5, 5.41) is 18.2. The first kappa shape index (κ1) is 20.3. The van der Waals surface area contributed by atoms with Crippen LogP contribution in [-0.2, 0) is 13.2 Å². The van der Waals surface area contributed by atoms with Gasteiger partial charge < -0.3 is 5.32 Å². The highest BCUT2D eigenvalue weighted by Crippen LogP contribution is 2.30. The van der Waals surface area contributed by atoms with E-state index in [1.54, 1.807) is 38.2 Å².